The first-order chi connectivity index (χ1) is 19.1. The van der Waals surface area contributed by atoms with Crippen LogP contribution in [0.5, 0.6) is 5.75 Å². The fourth-order valence-electron chi connectivity index (χ4n) is 5.22. The lowest BCUT2D eigenvalue weighted by Gasteiger charge is -2.38. The number of ether oxygens (including phenoxy) is 2. The van der Waals surface area contributed by atoms with Crippen molar-refractivity contribution in [2.75, 3.05) is 39.9 Å². The minimum atomic E-state index is -3.63. The number of benzene rings is 2. The van der Waals surface area contributed by atoms with E-state index < -0.39 is 31.8 Å². The molecule has 0 aliphatic carbocycles. The molecule has 2 atom stereocenters. The van der Waals surface area contributed by atoms with Crippen LogP contribution in [0.15, 0.2) is 70.6 Å². The molecule has 2 saturated heterocycles. The van der Waals surface area contributed by atoms with Gasteiger partial charge in [0, 0.05) is 43.3 Å². The number of fused-ring (bicyclic) bond motifs is 1. The van der Waals surface area contributed by atoms with Crippen molar-refractivity contribution in [2.45, 2.75) is 46.8 Å². The van der Waals surface area contributed by atoms with Crippen molar-refractivity contribution in [3.63, 3.8) is 0 Å². The van der Waals surface area contributed by atoms with E-state index in [2.05, 4.69) is 15.0 Å². The van der Waals surface area contributed by atoms with Crippen LogP contribution in [-0.2, 0) is 24.8 Å². The number of nitrogens with one attached hydrogen (secondary N) is 2. The molecule has 0 amide bonds. The van der Waals surface area contributed by atoms with E-state index in [1.807, 2.05) is 6.07 Å². The standard InChI is InChI=1S/C27H34N4O7S2.2ClH/c1-28-39(33,34)24-6-2-5-23(15-24)37-19-22(32)17-30-21-16-27(38-18-21)9-12-31(13-10-27)40(35,36)25-7-8-26-20(14-25)4-3-11-29-26;;/h2-8,11,14-15,21-22,28,30,32H,9-10,12-13,16-19H2,1H3;2*1H/t21-,22+;;/m1../s1. The highest BCUT2D eigenvalue weighted by molar-refractivity contribution is 7.89. The Labute approximate surface area is 258 Å². The van der Waals surface area contributed by atoms with Crippen LogP contribution in [0.25, 0.3) is 10.9 Å². The summed E-state index contributed by atoms with van der Waals surface area (Å²) in [4.78, 5) is 4.61. The van der Waals surface area contributed by atoms with E-state index in [-0.39, 0.29) is 53.8 Å². The van der Waals surface area contributed by atoms with Crippen LogP contribution in [-0.4, -0.2) is 88.9 Å². The molecule has 2 aliphatic rings. The van der Waals surface area contributed by atoms with Gasteiger partial charge in [0.05, 0.1) is 27.5 Å². The Morgan fingerprint density at radius 3 is 2.57 bits per heavy atom. The quantitative estimate of drug-likeness (QED) is 0.298. The summed E-state index contributed by atoms with van der Waals surface area (Å²) in [5.41, 5.74) is 0.361. The maximum absolute atomic E-state index is 13.3. The number of hydrogen-bond donors (Lipinski definition) is 3. The first-order valence-corrected chi connectivity index (χ1v) is 16.1. The molecule has 3 aromatic rings. The molecule has 0 radical (unpaired) electrons. The zero-order valence-corrected chi connectivity index (χ0v) is 26.3. The Hall–Kier alpha value is -2.07. The molecule has 2 aromatic carbocycles. The third kappa shape index (κ3) is 7.71. The van der Waals surface area contributed by atoms with Crippen molar-refractivity contribution >= 4 is 55.8 Å². The monoisotopic (exact) mass is 662 g/mol. The van der Waals surface area contributed by atoms with Crippen molar-refractivity contribution in [1.29, 1.82) is 0 Å². The molecule has 1 spiro atoms. The highest BCUT2D eigenvalue weighted by Crippen LogP contribution is 2.37. The summed E-state index contributed by atoms with van der Waals surface area (Å²) >= 11 is 0. The van der Waals surface area contributed by atoms with Gasteiger partial charge in [0.15, 0.2) is 0 Å². The average Bonchev–Trinajstić information content (AvgIpc) is 3.37. The molecule has 15 heteroatoms. The number of nitrogens with zero attached hydrogens (tertiary/aromatic N) is 2. The summed E-state index contributed by atoms with van der Waals surface area (Å²) in [5.74, 6) is 0.348. The molecule has 5 rings (SSSR count). The van der Waals surface area contributed by atoms with E-state index in [4.69, 9.17) is 9.47 Å². The van der Waals surface area contributed by atoms with Gasteiger partial charge in [-0.1, -0.05) is 12.1 Å². The average molecular weight is 664 g/mol. The Balaban J connectivity index is 0.00000242. The first-order valence-electron chi connectivity index (χ1n) is 13.2. The molecule has 232 valence electrons. The minimum absolute atomic E-state index is 0. The maximum atomic E-state index is 13.3. The second-order valence-corrected chi connectivity index (χ2v) is 14.0. The zero-order valence-electron chi connectivity index (χ0n) is 23.0. The summed E-state index contributed by atoms with van der Waals surface area (Å²) in [7, 11) is -5.87. The predicted molar refractivity (Wildman–Crippen MR) is 164 cm³/mol. The van der Waals surface area contributed by atoms with Crippen molar-refractivity contribution in [3.05, 3.63) is 60.8 Å². The third-order valence-corrected chi connectivity index (χ3v) is 10.8. The molecule has 2 fully saturated rings. The van der Waals surface area contributed by atoms with Crippen LogP contribution >= 0.6 is 24.8 Å². The number of aromatic nitrogens is 1. The van der Waals surface area contributed by atoms with E-state index in [0.717, 1.165) is 17.3 Å². The van der Waals surface area contributed by atoms with Crippen LogP contribution in [0.3, 0.4) is 0 Å². The normalized spacial score (nSPS) is 19.6. The van der Waals surface area contributed by atoms with Crippen molar-refractivity contribution in [2.24, 2.45) is 0 Å². The number of aliphatic hydroxyl groups is 1. The number of sulfonamides is 2. The Kier molecular flexibility index (Phi) is 11.6. The molecule has 2 aliphatic heterocycles. The van der Waals surface area contributed by atoms with Crippen molar-refractivity contribution < 1.29 is 31.4 Å². The van der Waals surface area contributed by atoms with Gasteiger partial charge in [-0.2, -0.15) is 4.31 Å². The smallest absolute Gasteiger partial charge is 0.243 e. The summed E-state index contributed by atoms with van der Waals surface area (Å²) in [6, 6.07) is 14.8. The van der Waals surface area contributed by atoms with Crippen LogP contribution < -0.4 is 14.8 Å². The SMILES string of the molecule is CNS(=O)(=O)c1cccc(OC[C@@H](O)CN[C@H]2COC3(CCN(S(=O)(=O)c4ccc5ncccc5c4)CC3)C2)c1.Cl.Cl. The van der Waals surface area contributed by atoms with Crippen LogP contribution in [0.4, 0.5) is 0 Å². The molecule has 0 bridgehead atoms. The molecule has 3 N–H and O–H groups in total. The first kappa shape index (κ1) is 34.4. The summed E-state index contributed by atoms with van der Waals surface area (Å²) in [6.45, 7) is 1.49. The fourth-order valence-corrected chi connectivity index (χ4v) is 7.47. The van der Waals surface area contributed by atoms with E-state index in [0.29, 0.717) is 38.3 Å². The van der Waals surface area contributed by atoms with Gasteiger partial charge >= 0.3 is 0 Å². The lowest BCUT2D eigenvalue weighted by molar-refractivity contribution is -0.0312. The highest BCUT2D eigenvalue weighted by Gasteiger charge is 2.44. The largest absolute Gasteiger partial charge is 0.491 e. The summed E-state index contributed by atoms with van der Waals surface area (Å²) in [5, 5.41) is 14.5. The van der Waals surface area contributed by atoms with Crippen LogP contribution in [0.2, 0.25) is 0 Å². The summed E-state index contributed by atoms with van der Waals surface area (Å²) < 4.78 is 66.1. The van der Waals surface area contributed by atoms with Gasteiger partial charge in [-0.05, 0) is 62.7 Å². The van der Waals surface area contributed by atoms with Crippen LogP contribution in [0.1, 0.15) is 19.3 Å². The Bertz CT molecular complexity index is 1570. The lowest BCUT2D eigenvalue weighted by atomic mass is 9.88. The molecule has 0 unspecified atom stereocenters. The van der Waals surface area contributed by atoms with Crippen molar-refractivity contribution in [3.8, 4) is 5.75 Å². The molecular formula is C27H36Cl2N4O7S2. The maximum Gasteiger partial charge on any atom is 0.243 e. The molecule has 11 nitrogen and oxygen atoms in total. The predicted octanol–water partition coefficient (Wildman–Crippen LogP) is 2.33. The number of pyridine rings is 1. The Morgan fingerprint density at radius 1 is 1.07 bits per heavy atom. The van der Waals surface area contributed by atoms with Gasteiger partial charge in [0.25, 0.3) is 0 Å². The number of piperidine rings is 1. The Morgan fingerprint density at radius 2 is 1.83 bits per heavy atom. The molecule has 3 heterocycles. The van der Waals surface area contributed by atoms with E-state index >= 15 is 0 Å². The number of rotatable bonds is 10. The molecular weight excluding hydrogens is 627 g/mol. The third-order valence-electron chi connectivity index (χ3n) is 7.52. The van der Waals surface area contributed by atoms with E-state index in [1.165, 1.54) is 23.5 Å². The van der Waals surface area contributed by atoms with Gasteiger partial charge in [0.1, 0.15) is 18.5 Å². The molecule has 0 saturated carbocycles. The molecule has 42 heavy (non-hydrogen) atoms. The van der Waals surface area contributed by atoms with Gasteiger partial charge < -0.3 is 19.9 Å². The minimum Gasteiger partial charge on any atom is -0.491 e. The van der Waals surface area contributed by atoms with E-state index in [9.17, 15) is 21.9 Å². The topological polar surface area (TPSA) is 147 Å². The van der Waals surface area contributed by atoms with Crippen molar-refractivity contribution in [1.82, 2.24) is 19.3 Å². The van der Waals surface area contributed by atoms with Gasteiger partial charge in [0.2, 0.25) is 20.0 Å². The molecule has 1 aromatic heterocycles. The number of halogens is 2. The highest BCUT2D eigenvalue weighted by atomic mass is 35.5. The fraction of sp³-hybridized carbons (Fsp3) is 0.444. The number of hydrogen-bond acceptors (Lipinski definition) is 9. The zero-order chi connectivity index (χ0) is 28.4. The van der Waals surface area contributed by atoms with Gasteiger partial charge in [-0.15, -0.1) is 24.8 Å². The lowest BCUT2D eigenvalue weighted by Crippen LogP contribution is -2.47. The van der Waals surface area contributed by atoms with Gasteiger partial charge in [-0.3, -0.25) is 4.98 Å². The van der Waals surface area contributed by atoms with E-state index in [1.54, 1.807) is 42.6 Å². The summed E-state index contributed by atoms with van der Waals surface area (Å²) in [6.07, 6.45) is 2.78. The van der Waals surface area contributed by atoms with Gasteiger partial charge in [-0.25, -0.2) is 21.6 Å². The second-order valence-electron chi connectivity index (χ2n) is 10.2. The van der Waals surface area contributed by atoms with Crippen LogP contribution in [0, 0.1) is 0 Å². The second kappa shape index (κ2) is 14.1. The number of aliphatic hydroxyl groups excluding tert-OH is 1.